The highest BCUT2D eigenvalue weighted by molar-refractivity contribution is 7.81. The minimum atomic E-state index is -5.03. The first-order valence-electron chi connectivity index (χ1n) is 4.41. The van der Waals surface area contributed by atoms with Gasteiger partial charge in [-0.05, 0) is 24.6 Å². The quantitative estimate of drug-likeness (QED) is 0.765. The molecule has 0 saturated carbocycles. The molecule has 1 aromatic carbocycles. The standard InChI is InChI=1S/C10H11FO4S/c1-3-4-8-5-6-9(10(7-8)14-2)15-16(11,12)13/h3-7H,1-2H3. The minimum Gasteiger partial charge on any atom is -0.493 e. The molecule has 0 fully saturated rings. The van der Waals surface area contributed by atoms with E-state index in [-0.39, 0.29) is 11.5 Å². The molecule has 0 aliphatic heterocycles. The van der Waals surface area contributed by atoms with Crippen LogP contribution in [0.1, 0.15) is 12.5 Å². The van der Waals surface area contributed by atoms with Crippen molar-refractivity contribution in [2.75, 3.05) is 7.11 Å². The molecule has 16 heavy (non-hydrogen) atoms. The molecule has 0 saturated heterocycles. The van der Waals surface area contributed by atoms with Crippen LogP contribution in [0.3, 0.4) is 0 Å². The summed E-state index contributed by atoms with van der Waals surface area (Å²) in [6.07, 6.45) is 3.59. The minimum absolute atomic E-state index is 0.150. The Morgan fingerprint density at radius 2 is 2.00 bits per heavy atom. The summed E-state index contributed by atoms with van der Waals surface area (Å²) in [6, 6.07) is 4.45. The zero-order valence-electron chi connectivity index (χ0n) is 8.81. The summed E-state index contributed by atoms with van der Waals surface area (Å²) < 4.78 is 42.0. The van der Waals surface area contributed by atoms with Gasteiger partial charge in [0.05, 0.1) is 7.11 Å². The molecule has 0 radical (unpaired) electrons. The summed E-state index contributed by atoms with van der Waals surface area (Å²) in [4.78, 5) is 0. The fourth-order valence-corrected chi connectivity index (χ4v) is 1.51. The maximum Gasteiger partial charge on any atom is 0.488 e. The van der Waals surface area contributed by atoms with E-state index in [4.69, 9.17) is 4.74 Å². The van der Waals surface area contributed by atoms with Crippen LogP contribution in [0.5, 0.6) is 11.5 Å². The lowest BCUT2D eigenvalue weighted by Gasteiger charge is -2.07. The van der Waals surface area contributed by atoms with E-state index in [9.17, 15) is 12.3 Å². The van der Waals surface area contributed by atoms with E-state index in [1.165, 1.54) is 13.2 Å². The van der Waals surface area contributed by atoms with Crippen molar-refractivity contribution < 1.29 is 21.2 Å². The van der Waals surface area contributed by atoms with Crippen LogP contribution < -0.4 is 8.92 Å². The molecule has 1 aromatic rings. The van der Waals surface area contributed by atoms with Gasteiger partial charge in [-0.1, -0.05) is 22.1 Å². The number of hydrogen-bond donors (Lipinski definition) is 0. The van der Waals surface area contributed by atoms with Crippen LogP contribution in [0.25, 0.3) is 6.08 Å². The van der Waals surface area contributed by atoms with Crippen molar-refractivity contribution in [1.29, 1.82) is 0 Å². The van der Waals surface area contributed by atoms with Crippen molar-refractivity contribution >= 4 is 16.6 Å². The molecule has 6 heteroatoms. The van der Waals surface area contributed by atoms with E-state index in [1.807, 2.05) is 6.92 Å². The van der Waals surface area contributed by atoms with Gasteiger partial charge in [0, 0.05) is 0 Å². The largest absolute Gasteiger partial charge is 0.493 e. The number of allylic oxidation sites excluding steroid dienone is 1. The van der Waals surface area contributed by atoms with Crippen molar-refractivity contribution in [1.82, 2.24) is 0 Å². The van der Waals surface area contributed by atoms with Crippen LogP contribution in [-0.4, -0.2) is 15.5 Å². The van der Waals surface area contributed by atoms with Crippen molar-refractivity contribution in [3.63, 3.8) is 0 Å². The third kappa shape index (κ3) is 3.54. The van der Waals surface area contributed by atoms with Gasteiger partial charge in [-0.15, -0.1) is 0 Å². The van der Waals surface area contributed by atoms with Crippen molar-refractivity contribution in [2.45, 2.75) is 6.92 Å². The van der Waals surface area contributed by atoms with Gasteiger partial charge in [0.2, 0.25) is 0 Å². The zero-order valence-corrected chi connectivity index (χ0v) is 9.62. The van der Waals surface area contributed by atoms with Crippen molar-refractivity contribution in [3.05, 3.63) is 29.8 Å². The first-order valence-corrected chi connectivity index (χ1v) is 5.72. The normalized spacial score (nSPS) is 11.7. The van der Waals surface area contributed by atoms with E-state index < -0.39 is 10.5 Å². The van der Waals surface area contributed by atoms with E-state index in [2.05, 4.69) is 4.18 Å². The lowest BCUT2D eigenvalue weighted by molar-refractivity contribution is 0.381. The lowest BCUT2D eigenvalue weighted by atomic mass is 10.2. The average Bonchev–Trinajstić information content (AvgIpc) is 2.18. The Morgan fingerprint density at radius 3 is 2.50 bits per heavy atom. The van der Waals surface area contributed by atoms with Gasteiger partial charge in [-0.25, -0.2) is 0 Å². The maximum absolute atomic E-state index is 12.3. The van der Waals surface area contributed by atoms with Crippen molar-refractivity contribution in [2.24, 2.45) is 0 Å². The second-order valence-corrected chi connectivity index (χ2v) is 3.84. The Labute approximate surface area is 93.7 Å². The van der Waals surface area contributed by atoms with Crippen molar-refractivity contribution in [3.8, 4) is 11.5 Å². The molecule has 0 amide bonds. The highest BCUT2D eigenvalue weighted by Crippen LogP contribution is 2.29. The van der Waals surface area contributed by atoms with Gasteiger partial charge >= 0.3 is 10.5 Å². The SMILES string of the molecule is CC=Cc1ccc(OS(=O)(=O)F)c(OC)c1. The highest BCUT2D eigenvalue weighted by atomic mass is 32.3. The summed E-state index contributed by atoms with van der Waals surface area (Å²) >= 11 is 0. The van der Waals surface area contributed by atoms with Gasteiger partial charge in [0.15, 0.2) is 11.5 Å². The second-order valence-electron chi connectivity index (χ2n) is 2.89. The number of benzene rings is 1. The fraction of sp³-hybridized carbons (Fsp3) is 0.200. The van der Waals surface area contributed by atoms with Crippen LogP contribution in [-0.2, 0) is 10.5 Å². The Bertz CT molecular complexity index is 494. The highest BCUT2D eigenvalue weighted by Gasteiger charge is 2.14. The van der Waals surface area contributed by atoms with Gasteiger partial charge in [0.1, 0.15) is 0 Å². The van der Waals surface area contributed by atoms with Crippen LogP contribution >= 0.6 is 0 Å². The molecule has 0 N–H and O–H groups in total. The monoisotopic (exact) mass is 246 g/mol. The van der Waals surface area contributed by atoms with E-state index in [1.54, 1.807) is 24.3 Å². The Morgan fingerprint density at radius 1 is 1.31 bits per heavy atom. The summed E-state index contributed by atoms with van der Waals surface area (Å²) in [6.45, 7) is 1.84. The second kappa shape index (κ2) is 4.98. The lowest BCUT2D eigenvalue weighted by Crippen LogP contribution is -2.02. The van der Waals surface area contributed by atoms with Gasteiger partial charge in [-0.2, -0.15) is 8.42 Å². The molecule has 88 valence electrons. The molecule has 0 spiro atoms. The molecule has 1 rings (SSSR count). The summed E-state index contributed by atoms with van der Waals surface area (Å²) in [5, 5.41) is 0. The van der Waals surface area contributed by atoms with E-state index >= 15 is 0 Å². The molecular weight excluding hydrogens is 235 g/mol. The fourth-order valence-electron chi connectivity index (χ4n) is 1.16. The van der Waals surface area contributed by atoms with Crippen LogP contribution in [0.4, 0.5) is 3.89 Å². The van der Waals surface area contributed by atoms with Gasteiger partial charge in [0.25, 0.3) is 0 Å². The molecule has 0 aliphatic rings. The first-order chi connectivity index (χ1) is 7.46. The van der Waals surface area contributed by atoms with Crippen LogP contribution in [0, 0.1) is 0 Å². The molecule has 0 heterocycles. The predicted molar refractivity (Wildman–Crippen MR) is 58.4 cm³/mol. The molecule has 0 bridgehead atoms. The summed E-state index contributed by atoms with van der Waals surface area (Å²) in [5.74, 6) is -0.0323. The topological polar surface area (TPSA) is 52.6 Å². The zero-order chi connectivity index (χ0) is 12.2. The number of ether oxygens (including phenoxy) is 1. The summed E-state index contributed by atoms with van der Waals surface area (Å²) in [7, 11) is -3.69. The molecule has 0 atom stereocenters. The molecule has 0 unspecified atom stereocenters. The number of methoxy groups -OCH3 is 1. The summed E-state index contributed by atoms with van der Waals surface area (Å²) in [5.41, 5.74) is 0.794. The number of rotatable bonds is 4. The average molecular weight is 246 g/mol. The third-order valence-electron chi connectivity index (χ3n) is 1.74. The number of halogens is 1. The first kappa shape index (κ1) is 12.5. The third-order valence-corrected chi connectivity index (χ3v) is 2.11. The number of hydrogen-bond acceptors (Lipinski definition) is 4. The molecule has 4 nitrogen and oxygen atoms in total. The Balaban J connectivity index is 3.11. The van der Waals surface area contributed by atoms with Crippen LogP contribution in [0.2, 0.25) is 0 Å². The molecular formula is C10H11FO4S. The van der Waals surface area contributed by atoms with E-state index in [0.717, 1.165) is 5.56 Å². The molecule has 0 aromatic heterocycles. The Kier molecular flexibility index (Phi) is 3.89. The van der Waals surface area contributed by atoms with Gasteiger partial charge < -0.3 is 8.92 Å². The predicted octanol–water partition coefficient (Wildman–Crippen LogP) is 2.32. The smallest absolute Gasteiger partial charge is 0.488 e. The van der Waals surface area contributed by atoms with Crippen LogP contribution in [0.15, 0.2) is 24.3 Å². The molecule has 0 aliphatic carbocycles. The van der Waals surface area contributed by atoms with Gasteiger partial charge in [-0.3, -0.25) is 0 Å². The Hall–Kier alpha value is -1.56. The van der Waals surface area contributed by atoms with E-state index in [0.29, 0.717) is 0 Å². The maximum atomic E-state index is 12.3.